The molecule has 5 heteroatoms. The van der Waals surface area contributed by atoms with E-state index in [1.807, 2.05) is 12.1 Å². The van der Waals surface area contributed by atoms with Gasteiger partial charge in [0.25, 0.3) is 0 Å². The van der Waals surface area contributed by atoms with Gasteiger partial charge in [-0.25, -0.2) is 0 Å². The van der Waals surface area contributed by atoms with Crippen LogP contribution in [0.15, 0.2) is 24.3 Å². The first-order chi connectivity index (χ1) is 9.00. The maximum atomic E-state index is 11.8. The monoisotopic (exact) mass is 266 g/mol. The number of aliphatic hydroxyl groups excluding tert-OH is 1. The van der Waals surface area contributed by atoms with Gasteiger partial charge in [-0.05, 0) is 25.5 Å². The van der Waals surface area contributed by atoms with Crippen molar-refractivity contribution in [3.8, 4) is 5.75 Å². The number of hydrogen-bond acceptors (Lipinski definition) is 4. The number of carbonyl (C=O) groups is 1. The highest BCUT2D eigenvalue weighted by Gasteiger charge is 2.10. The summed E-state index contributed by atoms with van der Waals surface area (Å²) < 4.78 is 5.46. The number of benzene rings is 1. The van der Waals surface area contributed by atoms with Crippen molar-refractivity contribution in [1.82, 2.24) is 4.90 Å². The molecular formula is C14H22N2O3. The van der Waals surface area contributed by atoms with E-state index in [4.69, 9.17) is 15.6 Å². The van der Waals surface area contributed by atoms with Crippen LogP contribution in [0.3, 0.4) is 0 Å². The number of nitrogen functional groups attached to an aromatic ring is 1. The first-order valence-electron chi connectivity index (χ1n) is 6.40. The summed E-state index contributed by atoms with van der Waals surface area (Å²) in [7, 11) is 1.72. The highest BCUT2D eigenvalue weighted by molar-refractivity contribution is 5.76. The van der Waals surface area contributed by atoms with Gasteiger partial charge in [0.1, 0.15) is 5.75 Å². The van der Waals surface area contributed by atoms with E-state index in [1.54, 1.807) is 31.0 Å². The van der Waals surface area contributed by atoms with Gasteiger partial charge in [0, 0.05) is 13.6 Å². The van der Waals surface area contributed by atoms with Crippen LogP contribution >= 0.6 is 0 Å². The van der Waals surface area contributed by atoms with Gasteiger partial charge in [0.2, 0.25) is 5.91 Å². The minimum atomic E-state index is -0.393. The van der Waals surface area contributed by atoms with E-state index in [2.05, 4.69) is 0 Å². The topological polar surface area (TPSA) is 75.8 Å². The Morgan fingerprint density at radius 1 is 1.47 bits per heavy atom. The number of hydrogen-bond donors (Lipinski definition) is 2. The van der Waals surface area contributed by atoms with Crippen molar-refractivity contribution in [2.24, 2.45) is 0 Å². The lowest BCUT2D eigenvalue weighted by molar-refractivity contribution is -0.130. The van der Waals surface area contributed by atoms with Crippen molar-refractivity contribution in [3.63, 3.8) is 0 Å². The largest absolute Gasteiger partial charge is 0.491 e. The van der Waals surface area contributed by atoms with Crippen molar-refractivity contribution in [1.29, 1.82) is 0 Å². The lowest BCUT2D eigenvalue weighted by Gasteiger charge is -2.18. The average Bonchev–Trinajstić information content (AvgIpc) is 2.38. The number of anilines is 1. The first kappa shape index (κ1) is 15.3. The Morgan fingerprint density at radius 2 is 2.16 bits per heavy atom. The first-order valence-corrected chi connectivity index (χ1v) is 6.40. The zero-order valence-corrected chi connectivity index (χ0v) is 11.5. The summed E-state index contributed by atoms with van der Waals surface area (Å²) in [5.41, 5.74) is 6.30. The zero-order valence-electron chi connectivity index (χ0n) is 11.5. The molecule has 1 amide bonds. The molecule has 0 aliphatic heterocycles. The molecule has 0 radical (unpaired) electrons. The van der Waals surface area contributed by atoms with Crippen molar-refractivity contribution < 1.29 is 14.6 Å². The fourth-order valence-electron chi connectivity index (χ4n) is 1.56. The predicted molar refractivity (Wildman–Crippen MR) is 74.9 cm³/mol. The number of aliphatic hydroxyl groups is 1. The molecule has 0 bridgehead atoms. The third-order valence-corrected chi connectivity index (χ3v) is 2.80. The van der Waals surface area contributed by atoms with Crippen LogP contribution in [-0.4, -0.2) is 42.2 Å². The van der Waals surface area contributed by atoms with E-state index in [9.17, 15) is 4.79 Å². The van der Waals surface area contributed by atoms with E-state index in [1.165, 1.54) is 0 Å². The zero-order chi connectivity index (χ0) is 14.3. The highest BCUT2D eigenvalue weighted by Crippen LogP contribution is 2.19. The van der Waals surface area contributed by atoms with Crippen LogP contribution in [0.4, 0.5) is 5.69 Å². The number of ether oxygens (including phenoxy) is 1. The Hall–Kier alpha value is -1.75. The summed E-state index contributed by atoms with van der Waals surface area (Å²) in [4.78, 5) is 13.4. The summed E-state index contributed by atoms with van der Waals surface area (Å²) in [5.74, 6) is 0.595. The quantitative estimate of drug-likeness (QED) is 0.729. The Morgan fingerprint density at radius 3 is 2.79 bits per heavy atom. The molecule has 1 atom stereocenters. The second kappa shape index (κ2) is 7.63. The Kier molecular flexibility index (Phi) is 6.15. The summed E-state index contributed by atoms with van der Waals surface area (Å²) in [5, 5.41) is 9.16. The Bertz CT molecular complexity index is 407. The second-order valence-electron chi connectivity index (χ2n) is 4.59. The number of carbonyl (C=O) groups excluding carboxylic acids is 1. The molecule has 1 aromatic carbocycles. The summed E-state index contributed by atoms with van der Waals surface area (Å²) in [6.07, 6.45) is 0.481. The van der Waals surface area contributed by atoms with Crippen molar-refractivity contribution in [3.05, 3.63) is 24.3 Å². The average molecular weight is 266 g/mol. The number of para-hydroxylation sites is 2. The van der Waals surface area contributed by atoms with Crippen LogP contribution in [0.25, 0.3) is 0 Å². The van der Waals surface area contributed by atoms with Gasteiger partial charge in [-0.3, -0.25) is 4.79 Å². The molecular weight excluding hydrogens is 244 g/mol. The van der Waals surface area contributed by atoms with Gasteiger partial charge in [0.15, 0.2) is 0 Å². The van der Waals surface area contributed by atoms with Gasteiger partial charge in [-0.2, -0.15) is 0 Å². The molecule has 1 rings (SSSR count). The minimum absolute atomic E-state index is 0.00449. The SMILES string of the molecule is CC(O)CCN(C)C(=O)CCOc1ccccc1N. The summed E-state index contributed by atoms with van der Waals surface area (Å²) >= 11 is 0. The van der Waals surface area contributed by atoms with Gasteiger partial charge >= 0.3 is 0 Å². The smallest absolute Gasteiger partial charge is 0.225 e. The number of rotatable bonds is 7. The molecule has 19 heavy (non-hydrogen) atoms. The second-order valence-corrected chi connectivity index (χ2v) is 4.59. The third-order valence-electron chi connectivity index (χ3n) is 2.80. The van der Waals surface area contributed by atoms with Gasteiger partial charge in [-0.15, -0.1) is 0 Å². The lowest BCUT2D eigenvalue weighted by Crippen LogP contribution is -2.30. The molecule has 3 N–H and O–H groups in total. The van der Waals surface area contributed by atoms with Crippen molar-refractivity contribution in [2.45, 2.75) is 25.9 Å². The fraction of sp³-hybridized carbons (Fsp3) is 0.500. The fourth-order valence-corrected chi connectivity index (χ4v) is 1.56. The van der Waals surface area contributed by atoms with E-state index in [-0.39, 0.29) is 5.91 Å². The maximum Gasteiger partial charge on any atom is 0.225 e. The molecule has 5 nitrogen and oxygen atoms in total. The Balaban J connectivity index is 2.29. The molecule has 0 saturated carbocycles. The molecule has 0 saturated heterocycles. The molecule has 0 aliphatic rings. The standard InChI is InChI=1S/C14H22N2O3/c1-11(17)7-9-16(2)14(18)8-10-19-13-6-4-3-5-12(13)15/h3-6,11,17H,7-10,15H2,1-2H3. The molecule has 106 valence electrons. The number of nitrogens with zero attached hydrogens (tertiary/aromatic N) is 1. The normalized spacial score (nSPS) is 11.9. The van der Waals surface area contributed by atoms with E-state index < -0.39 is 6.10 Å². The molecule has 1 aromatic rings. The number of nitrogens with two attached hydrogens (primary N) is 1. The van der Waals surface area contributed by atoms with Crippen LogP contribution < -0.4 is 10.5 Å². The van der Waals surface area contributed by atoms with Crippen molar-refractivity contribution in [2.75, 3.05) is 25.9 Å². The van der Waals surface area contributed by atoms with Crippen LogP contribution in [0, 0.1) is 0 Å². The van der Waals surface area contributed by atoms with E-state index in [0.717, 1.165) is 0 Å². The number of amides is 1. The van der Waals surface area contributed by atoms with Crippen LogP contribution in [0.5, 0.6) is 5.75 Å². The maximum absolute atomic E-state index is 11.8. The van der Waals surface area contributed by atoms with Crippen LogP contribution in [0.2, 0.25) is 0 Å². The molecule has 0 heterocycles. The summed E-state index contributed by atoms with van der Waals surface area (Å²) in [6.45, 7) is 2.55. The van der Waals surface area contributed by atoms with Crippen molar-refractivity contribution >= 4 is 11.6 Å². The van der Waals surface area contributed by atoms with Gasteiger partial charge in [-0.1, -0.05) is 12.1 Å². The predicted octanol–water partition coefficient (Wildman–Crippen LogP) is 1.27. The van der Waals surface area contributed by atoms with Gasteiger partial charge < -0.3 is 20.5 Å². The molecule has 0 aliphatic carbocycles. The molecule has 0 fully saturated rings. The van der Waals surface area contributed by atoms with Crippen LogP contribution in [0.1, 0.15) is 19.8 Å². The third kappa shape index (κ3) is 5.61. The molecule has 0 aromatic heterocycles. The lowest BCUT2D eigenvalue weighted by atomic mass is 10.2. The van der Waals surface area contributed by atoms with E-state index >= 15 is 0 Å². The van der Waals surface area contributed by atoms with Crippen LogP contribution in [-0.2, 0) is 4.79 Å². The Labute approximate surface area is 114 Å². The van der Waals surface area contributed by atoms with Gasteiger partial charge in [0.05, 0.1) is 24.8 Å². The highest BCUT2D eigenvalue weighted by atomic mass is 16.5. The summed E-state index contributed by atoms with van der Waals surface area (Å²) in [6, 6.07) is 7.20. The minimum Gasteiger partial charge on any atom is -0.491 e. The van der Waals surface area contributed by atoms with E-state index in [0.29, 0.717) is 37.4 Å². The molecule has 1 unspecified atom stereocenters. The molecule has 0 spiro atoms.